The summed E-state index contributed by atoms with van der Waals surface area (Å²) in [7, 11) is -3.43. The van der Waals surface area contributed by atoms with Gasteiger partial charge in [0.1, 0.15) is 0 Å². The average molecular weight is 380 g/mol. The Kier molecular flexibility index (Phi) is 4.25. The van der Waals surface area contributed by atoms with Crippen LogP contribution in [0.15, 0.2) is 53.3 Å². The zero-order valence-electron chi connectivity index (χ0n) is 12.2. The Labute approximate surface area is 149 Å². The Bertz CT molecular complexity index is 1010. The minimum absolute atomic E-state index is 0.167. The molecule has 0 atom stereocenters. The predicted molar refractivity (Wildman–Crippen MR) is 96.8 cm³/mol. The lowest BCUT2D eigenvalue weighted by atomic mass is 10.1. The van der Waals surface area contributed by atoms with Crippen molar-refractivity contribution in [1.29, 1.82) is 0 Å². The molecule has 1 aliphatic rings. The molecule has 1 N–H and O–H groups in total. The van der Waals surface area contributed by atoms with Crippen LogP contribution in [0.4, 0.5) is 5.69 Å². The molecular weight excluding hydrogens is 369 g/mol. The number of sulfone groups is 1. The van der Waals surface area contributed by atoms with Crippen LogP contribution in [0.5, 0.6) is 0 Å². The molecule has 0 bridgehead atoms. The second-order valence-electron chi connectivity index (χ2n) is 5.16. The summed E-state index contributed by atoms with van der Waals surface area (Å²) in [5.41, 5.74) is 1.68. The van der Waals surface area contributed by atoms with Crippen molar-refractivity contribution < 1.29 is 13.2 Å². The summed E-state index contributed by atoms with van der Waals surface area (Å²) < 4.78 is 23.7. The fourth-order valence-electron chi connectivity index (χ4n) is 2.25. The molecule has 3 rings (SSSR count). The molecule has 0 unspecified atom stereocenters. The zero-order valence-corrected chi connectivity index (χ0v) is 14.5. The van der Waals surface area contributed by atoms with Gasteiger partial charge in [-0.25, -0.2) is 8.42 Å². The molecular formula is C17H11Cl2NO3S. The van der Waals surface area contributed by atoms with E-state index in [1.165, 1.54) is 12.1 Å². The molecule has 0 saturated heterocycles. The third-order valence-electron chi connectivity index (χ3n) is 3.55. The third-order valence-corrected chi connectivity index (χ3v) is 5.75. The zero-order chi connectivity index (χ0) is 17.5. The van der Waals surface area contributed by atoms with E-state index in [1.54, 1.807) is 30.3 Å². The lowest BCUT2D eigenvalue weighted by Gasteiger charge is -2.10. The summed E-state index contributed by atoms with van der Waals surface area (Å²) in [4.78, 5) is 12.5. The van der Waals surface area contributed by atoms with Crippen LogP contribution in [0.3, 0.4) is 0 Å². The number of nitrogens with one attached hydrogen (secondary N) is 1. The normalized spacial score (nSPS) is 14.2. The third kappa shape index (κ3) is 3.11. The van der Waals surface area contributed by atoms with Gasteiger partial charge in [-0.1, -0.05) is 41.9 Å². The number of amides is 1. The number of benzene rings is 2. The lowest BCUT2D eigenvalue weighted by molar-refractivity contribution is -0.111. The van der Waals surface area contributed by atoms with E-state index in [-0.39, 0.29) is 10.5 Å². The van der Waals surface area contributed by atoms with E-state index in [0.717, 1.165) is 5.41 Å². The number of anilines is 1. The van der Waals surface area contributed by atoms with Gasteiger partial charge in [-0.3, -0.25) is 4.79 Å². The highest BCUT2D eigenvalue weighted by molar-refractivity contribution is 7.94. The molecule has 0 saturated carbocycles. The van der Waals surface area contributed by atoms with Crippen molar-refractivity contribution in [3.05, 3.63) is 69.6 Å². The van der Waals surface area contributed by atoms with Crippen molar-refractivity contribution in [2.24, 2.45) is 0 Å². The fraction of sp³-hybridized carbons (Fsp3) is 0. The van der Waals surface area contributed by atoms with E-state index in [0.29, 0.717) is 26.9 Å². The maximum atomic E-state index is 12.3. The molecule has 0 aromatic heterocycles. The van der Waals surface area contributed by atoms with Gasteiger partial charge < -0.3 is 5.32 Å². The van der Waals surface area contributed by atoms with Gasteiger partial charge in [0.05, 0.1) is 14.9 Å². The summed E-state index contributed by atoms with van der Waals surface area (Å²) in [6.07, 6.45) is 1.52. The summed E-state index contributed by atoms with van der Waals surface area (Å²) in [5, 5.41) is 4.47. The van der Waals surface area contributed by atoms with Crippen LogP contribution in [0.2, 0.25) is 10.0 Å². The van der Waals surface area contributed by atoms with Crippen LogP contribution in [-0.4, -0.2) is 14.3 Å². The van der Waals surface area contributed by atoms with Crippen molar-refractivity contribution in [2.45, 2.75) is 4.90 Å². The topological polar surface area (TPSA) is 63.2 Å². The van der Waals surface area contributed by atoms with E-state index in [2.05, 4.69) is 11.9 Å². The number of fused-ring (bicyclic) bond motifs is 1. The van der Waals surface area contributed by atoms with Gasteiger partial charge in [0, 0.05) is 16.7 Å². The molecule has 24 heavy (non-hydrogen) atoms. The maximum Gasteiger partial charge on any atom is 0.255 e. The van der Waals surface area contributed by atoms with Gasteiger partial charge in [-0.15, -0.1) is 0 Å². The van der Waals surface area contributed by atoms with Crippen molar-refractivity contribution >= 4 is 56.3 Å². The second kappa shape index (κ2) is 6.09. The molecule has 122 valence electrons. The standard InChI is InChI=1S/C17H11Cl2NO3S/c1-10(12-3-5-14(18)15(19)8-12)17(21)20-13-4-2-11-6-7-24(22,23)16(11)9-13/h2-9H,1H2,(H,20,21). The molecule has 4 nitrogen and oxygen atoms in total. The minimum Gasteiger partial charge on any atom is -0.322 e. The highest BCUT2D eigenvalue weighted by Crippen LogP contribution is 2.30. The quantitative estimate of drug-likeness (QED) is 0.803. The number of carbonyl (C=O) groups is 1. The molecule has 1 heterocycles. The Morgan fingerprint density at radius 1 is 1.04 bits per heavy atom. The van der Waals surface area contributed by atoms with Crippen LogP contribution in [0, 0.1) is 0 Å². The van der Waals surface area contributed by atoms with Gasteiger partial charge in [-0.2, -0.15) is 0 Å². The van der Waals surface area contributed by atoms with Gasteiger partial charge in [0.25, 0.3) is 5.91 Å². The van der Waals surface area contributed by atoms with Crippen LogP contribution in [0.1, 0.15) is 11.1 Å². The summed E-state index contributed by atoms with van der Waals surface area (Å²) >= 11 is 11.8. The molecule has 2 aromatic rings. The lowest BCUT2D eigenvalue weighted by Crippen LogP contribution is -2.13. The van der Waals surface area contributed by atoms with Crippen LogP contribution in [-0.2, 0) is 14.6 Å². The van der Waals surface area contributed by atoms with Crippen LogP contribution >= 0.6 is 23.2 Å². The van der Waals surface area contributed by atoms with Crippen molar-refractivity contribution in [3.63, 3.8) is 0 Å². The van der Waals surface area contributed by atoms with Gasteiger partial charge in [-0.05, 0) is 41.5 Å². The first kappa shape index (κ1) is 16.8. The van der Waals surface area contributed by atoms with E-state index in [1.807, 2.05) is 0 Å². The summed E-state index contributed by atoms with van der Waals surface area (Å²) in [5.74, 6) is -0.461. The highest BCUT2D eigenvalue weighted by atomic mass is 35.5. The van der Waals surface area contributed by atoms with Gasteiger partial charge in [0.15, 0.2) is 0 Å². The minimum atomic E-state index is -3.43. The summed E-state index contributed by atoms with van der Waals surface area (Å²) in [6, 6.07) is 9.43. The van der Waals surface area contributed by atoms with Gasteiger partial charge >= 0.3 is 0 Å². The van der Waals surface area contributed by atoms with Crippen molar-refractivity contribution in [2.75, 3.05) is 5.32 Å². The molecule has 0 aliphatic carbocycles. The van der Waals surface area contributed by atoms with Crippen molar-refractivity contribution in [3.8, 4) is 0 Å². The van der Waals surface area contributed by atoms with Crippen molar-refractivity contribution in [1.82, 2.24) is 0 Å². The SMILES string of the molecule is C=C(C(=O)Nc1ccc2c(c1)S(=O)(=O)C=C2)c1ccc(Cl)c(Cl)c1. The number of hydrogen-bond donors (Lipinski definition) is 1. The Morgan fingerprint density at radius 2 is 1.79 bits per heavy atom. The smallest absolute Gasteiger partial charge is 0.255 e. The first-order valence-corrected chi connectivity index (χ1v) is 9.11. The number of halogens is 2. The predicted octanol–water partition coefficient (Wildman–Crippen LogP) is 4.40. The molecule has 1 aliphatic heterocycles. The van der Waals surface area contributed by atoms with E-state index >= 15 is 0 Å². The molecule has 1 amide bonds. The van der Waals surface area contributed by atoms with Gasteiger partial charge in [0.2, 0.25) is 9.84 Å². The number of carbonyl (C=O) groups excluding carboxylic acids is 1. The maximum absolute atomic E-state index is 12.3. The van der Waals surface area contributed by atoms with E-state index < -0.39 is 15.7 Å². The molecule has 2 aromatic carbocycles. The average Bonchev–Trinajstić information content (AvgIpc) is 2.84. The first-order valence-electron chi connectivity index (χ1n) is 6.81. The second-order valence-corrected chi connectivity index (χ2v) is 7.78. The monoisotopic (exact) mass is 379 g/mol. The number of rotatable bonds is 3. The Balaban J connectivity index is 1.83. The fourth-order valence-corrected chi connectivity index (χ4v) is 3.78. The van der Waals surface area contributed by atoms with Crippen LogP contribution < -0.4 is 5.32 Å². The summed E-state index contributed by atoms with van der Waals surface area (Å²) in [6.45, 7) is 3.75. The molecule has 7 heteroatoms. The Morgan fingerprint density at radius 3 is 2.50 bits per heavy atom. The van der Waals surface area contributed by atoms with E-state index in [9.17, 15) is 13.2 Å². The largest absolute Gasteiger partial charge is 0.322 e. The van der Waals surface area contributed by atoms with E-state index in [4.69, 9.17) is 23.2 Å². The first-order chi connectivity index (χ1) is 11.3. The van der Waals surface area contributed by atoms with Crippen LogP contribution in [0.25, 0.3) is 11.6 Å². The molecule has 0 radical (unpaired) electrons. The molecule has 0 fully saturated rings. The highest BCUT2D eigenvalue weighted by Gasteiger charge is 2.21. The molecule has 0 spiro atoms. The Hall–Kier alpha value is -2.08. The number of hydrogen-bond acceptors (Lipinski definition) is 3.